The van der Waals surface area contributed by atoms with Crippen LogP contribution in [0.25, 0.3) is 0 Å². The Balaban J connectivity index is 2.20. The van der Waals surface area contributed by atoms with E-state index in [0.717, 1.165) is 0 Å². The molecule has 1 aromatic carbocycles. The molecule has 77 valence electrons. The van der Waals surface area contributed by atoms with E-state index in [1.807, 2.05) is 0 Å². The number of rotatable bonds is 6. The minimum atomic E-state index is 0.634. The average Bonchev–Trinajstić information content (AvgIpc) is 2.25. The van der Waals surface area contributed by atoms with E-state index in [0.29, 0.717) is 5.92 Å². The lowest BCUT2D eigenvalue weighted by Crippen LogP contribution is -1.97. The van der Waals surface area contributed by atoms with Gasteiger partial charge in [-0.05, 0) is 24.3 Å². The van der Waals surface area contributed by atoms with E-state index in [-0.39, 0.29) is 0 Å². The van der Waals surface area contributed by atoms with Crippen LogP contribution in [0.4, 0.5) is 0 Å². The van der Waals surface area contributed by atoms with Gasteiger partial charge in [0.05, 0.1) is 0 Å². The van der Waals surface area contributed by atoms with Crippen molar-refractivity contribution in [3.8, 4) is 0 Å². The van der Waals surface area contributed by atoms with Gasteiger partial charge in [-0.15, -0.1) is 0 Å². The molecule has 0 amide bonds. The van der Waals surface area contributed by atoms with E-state index < -0.39 is 0 Å². The van der Waals surface area contributed by atoms with Crippen molar-refractivity contribution in [2.75, 3.05) is 0 Å². The van der Waals surface area contributed by atoms with Gasteiger partial charge in [-0.3, -0.25) is 0 Å². The van der Waals surface area contributed by atoms with Gasteiger partial charge < -0.3 is 0 Å². The van der Waals surface area contributed by atoms with Gasteiger partial charge in [0.25, 0.3) is 0 Å². The lowest BCUT2D eigenvalue weighted by atomic mass is 9.96. The van der Waals surface area contributed by atoms with Gasteiger partial charge in [0, 0.05) is 0 Å². The Bertz CT molecular complexity index is 225. The summed E-state index contributed by atoms with van der Waals surface area (Å²) in [7, 11) is 0. The van der Waals surface area contributed by atoms with Crippen LogP contribution in [0, 0.1) is 12.8 Å². The molecule has 1 unspecified atom stereocenters. The number of aryl methyl sites for hydroxylation is 1. The molecule has 1 radical (unpaired) electrons. The van der Waals surface area contributed by atoms with E-state index in [1.54, 1.807) is 0 Å². The largest absolute Gasteiger partial charge is 0.0654 e. The third kappa shape index (κ3) is 4.45. The average molecular weight is 189 g/mol. The van der Waals surface area contributed by atoms with Gasteiger partial charge >= 0.3 is 0 Å². The molecule has 0 aliphatic carbocycles. The van der Waals surface area contributed by atoms with Crippen LogP contribution in [0.15, 0.2) is 30.3 Å². The molecular weight excluding hydrogens is 168 g/mol. The molecule has 0 saturated carbocycles. The highest BCUT2D eigenvalue weighted by molar-refractivity contribution is 5.14. The van der Waals surface area contributed by atoms with Crippen LogP contribution in [-0.4, -0.2) is 0 Å². The Morgan fingerprint density at radius 3 is 2.50 bits per heavy atom. The predicted octanol–water partition coefficient (Wildman–Crippen LogP) is 4.26. The van der Waals surface area contributed by atoms with E-state index in [1.165, 1.54) is 37.7 Å². The number of hydrogen-bond acceptors (Lipinski definition) is 0. The molecule has 14 heavy (non-hydrogen) atoms. The maximum atomic E-state index is 4.19. The lowest BCUT2D eigenvalue weighted by molar-refractivity contribution is 0.515. The molecule has 0 fully saturated rings. The molecule has 0 aliphatic rings. The van der Waals surface area contributed by atoms with Crippen LogP contribution in [-0.2, 0) is 6.42 Å². The summed E-state index contributed by atoms with van der Waals surface area (Å²) in [5.41, 5.74) is 1.44. The summed E-state index contributed by atoms with van der Waals surface area (Å²) in [4.78, 5) is 0. The van der Waals surface area contributed by atoms with Crippen molar-refractivity contribution < 1.29 is 0 Å². The van der Waals surface area contributed by atoms with Gasteiger partial charge in [-0.2, -0.15) is 0 Å². The van der Waals surface area contributed by atoms with Crippen molar-refractivity contribution in [1.82, 2.24) is 0 Å². The van der Waals surface area contributed by atoms with Crippen molar-refractivity contribution in [2.45, 2.75) is 39.0 Å². The molecule has 0 saturated heterocycles. The Morgan fingerprint density at radius 1 is 1.14 bits per heavy atom. The van der Waals surface area contributed by atoms with Gasteiger partial charge in [0.2, 0.25) is 0 Å². The normalized spacial score (nSPS) is 12.7. The molecule has 0 nitrogen and oxygen atoms in total. The Labute approximate surface area is 88.4 Å². The van der Waals surface area contributed by atoms with Crippen molar-refractivity contribution >= 4 is 0 Å². The number of benzene rings is 1. The zero-order chi connectivity index (χ0) is 10.2. The summed E-state index contributed by atoms with van der Waals surface area (Å²) in [6.45, 7) is 6.43. The molecule has 1 atom stereocenters. The van der Waals surface area contributed by atoms with Crippen LogP contribution in [0.3, 0.4) is 0 Å². The minimum absolute atomic E-state index is 0.634. The van der Waals surface area contributed by atoms with E-state index in [9.17, 15) is 0 Å². The van der Waals surface area contributed by atoms with Crippen LogP contribution >= 0.6 is 0 Å². The molecule has 0 aliphatic heterocycles. The Hall–Kier alpha value is -0.780. The maximum absolute atomic E-state index is 4.19. The molecule has 0 heteroatoms. The highest BCUT2D eigenvalue weighted by atomic mass is 14.1. The fraction of sp³-hybridized carbons (Fsp3) is 0.500. The fourth-order valence-electron chi connectivity index (χ4n) is 1.65. The fourth-order valence-corrected chi connectivity index (χ4v) is 1.65. The molecule has 0 heterocycles. The summed E-state index contributed by atoms with van der Waals surface area (Å²) in [5, 5.41) is 0. The topological polar surface area (TPSA) is 0 Å². The smallest absolute Gasteiger partial charge is 0.0276 e. The third-order valence-electron chi connectivity index (χ3n) is 2.65. The number of hydrogen-bond donors (Lipinski definition) is 0. The Morgan fingerprint density at radius 2 is 1.86 bits per heavy atom. The monoisotopic (exact) mass is 189 g/mol. The third-order valence-corrected chi connectivity index (χ3v) is 2.65. The SMILES string of the molecule is [CH2]C(CCCC)CCc1ccccc1. The van der Waals surface area contributed by atoms with Gasteiger partial charge in [-0.25, -0.2) is 0 Å². The zero-order valence-corrected chi connectivity index (χ0v) is 9.21. The molecule has 1 aromatic rings. The Kier molecular flexibility index (Phi) is 5.36. The molecule has 0 spiro atoms. The molecule has 0 N–H and O–H groups in total. The zero-order valence-electron chi connectivity index (χ0n) is 9.21. The van der Waals surface area contributed by atoms with Crippen LogP contribution in [0.2, 0.25) is 0 Å². The first kappa shape index (κ1) is 11.3. The van der Waals surface area contributed by atoms with E-state index in [4.69, 9.17) is 0 Å². The van der Waals surface area contributed by atoms with Crippen molar-refractivity contribution in [3.05, 3.63) is 42.8 Å². The molecule has 0 bridgehead atoms. The minimum Gasteiger partial charge on any atom is -0.0654 e. The second-order valence-corrected chi connectivity index (χ2v) is 4.03. The molecular formula is C14H21. The summed E-state index contributed by atoms with van der Waals surface area (Å²) >= 11 is 0. The van der Waals surface area contributed by atoms with Crippen LogP contribution < -0.4 is 0 Å². The summed E-state index contributed by atoms with van der Waals surface area (Å²) < 4.78 is 0. The van der Waals surface area contributed by atoms with E-state index >= 15 is 0 Å². The van der Waals surface area contributed by atoms with E-state index in [2.05, 4.69) is 44.2 Å². The maximum Gasteiger partial charge on any atom is -0.0276 e. The van der Waals surface area contributed by atoms with Crippen LogP contribution in [0.1, 0.15) is 38.2 Å². The highest BCUT2D eigenvalue weighted by Crippen LogP contribution is 2.14. The van der Waals surface area contributed by atoms with Crippen molar-refractivity contribution in [3.63, 3.8) is 0 Å². The first-order valence-electron chi connectivity index (χ1n) is 5.70. The molecule has 1 rings (SSSR count). The van der Waals surface area contributed by atoms with Crippen LogP contribution in [0.5, 0.6) is 0 Å². The lowest BCUT2D eigenvalue weighted by Gasteiger charge is -2.09. The standard InChI is InChI=1S/C14H21/c1-3-4-8-13(2)11-12-14-9-6-5-7-10-14/h5-7,9-10,13H,2-4,8,11-12H2,1H3. The van der Waals surface area contributed by atoms with Gasteiger partial charge in [0.15, 0.2) is 0 Å². The highest BCUT2D eigenvalue weighted by Gasteiger charge is 2.01. The summed E-state index contributed by atoms with van der Waals surface area (Å²) in [6, 6.07) is 10.7. The van der Waals surface area contributed by atoms with Gasteiger partial charge in [-0.1, -0.05) is 63.4 Å². The first-order chi connectivity index (χ1) is 6.83. The predicted molar refractivity (Wildman–Crippen MR) is 63.1 cm³/mol. The number of unbranched alkanes of at least 4 members (excludes halogenated alkanes) is 1. The summed E-state index contributed by atoms with van der Waals surface area (Å²) in [5.74, 6) is 0.634. The van der Waals surface area contributed by atoms with Gasteiger partial charge in [0.1, 0.15) is 0 Å². The van der Waals surface area contributed by atoms with Crippen molar-refractivity contribution in [1.29, 1.82) is 0 Å². The second-order valence-electron chi connectivity index (χ2n) is 4.03. The molecule has 0 aromatic heterocycles. The first-order valence-corrected chi connectivity index (χ1v) is 5.70. The quantitative estimate of drug-likeness (QED) is 0.627. The van der Waals surface area contributed by atoms with Crippen molar-refractivity contribution in [2.24, 2.45) is 5.92 Å². The summed E-state index contributed by atoms with van der Waals surface area (Å²) in [6.07, 6.45) is 6.30. The second kappa shape index (κ2) is 6.64.